The van der Waals surface area contributed by atoms with Gasteiger partial charge in [0.1, 0.15) is 0 Å². The molecule has 3 rings (SSSR count). The molecule has 2 aromatic carbocycles. The summed E-state index contributed by atoms with van der Waals surface area (Å²) in [4.78, 5) is 25.3. The van der Waals surface area contributed by atoms with Crippen molar-refractivity contribution in [2.75, 3.05) is 5.32 Å². The van der Waals surface area contributed by atoms with Crippen LogP contribution in [0.5, 0.6) is 0 Å². The molecule has 0 radical (unpaired) electrons. The molecular formula is C19H19ClN2O2S. The lowest BCUT2D eigenvalue weighted by Crippen LogP contribution is -2.25. The summed E-state index contributed by atoms with van der Waals surface area (Å²) in [6.45, 7) is 1.85. The molecule has 1 aliphatic rings. The van der Waals surface area contributed by atoms with Gasteiger partial charge in [0.2, 0.25) is 5.91 Å². The topological polar surface area (TPSA) is 58.2 Å². The van der Waals surface area contributed by atoms with E-state index in [2.05, 4.69) is 10.6 Å². The first kappa shape index (κ1) is 17.8. The number of carbonyl (C=O) groups is 2. The molecule has 0 aromatic heterocycles. The average molecular weight is 375 g/mol. The number of benzene rings is 2. The van der Waals surface area contributed by atoms with Crippen LogP contribution in [0.4, 0.5) is 5.69 Å². The summed E-state index contributed by atoms with van der Waals surface area (Å²) in [6.07, 6.45) is 2.12. The molecule has 0 heterocycles. The molecule has 1 saturated carbocycles. The van der Waals surface area contributed by atoms with E-state index in [0.717, 1.165) is 17.7 Å². The monoisotopic (exact) mass is 374 g/mol. The number of anilines is 1. The van der Waals surface area contributed by atoms with E-state index >= 15 is 0 Å². The van der Waals surface area contributed by atoms with E-state index in [0.29, 0.717) is 22.3 Å². The number of thioether (sulfide) groups is 1. The van der Waals surface area contributed by atoms with E-state index in [-0.39, 0.29) is 17.1 Å². The van der Waals surface area contributed by atoms with Gasteiger partial charge < -0.3 is 10.6 Å². The number of hydrogen-bond donors (Lipinski definition) is 2. The first-order valence-corrected chi connectivity index (χ1v) is 9.41. The lowest BCUT2D eigenvalue weighted by atomic mass is 10.2. The van der Waals surface area contributed by atoms with Gasteiger partial charge >= 0.3 is 0 Å². The van der Waals surface area contributed by atoms with Crippen molar-refractivity contribution in [3.63, 3.8) is 0 Å². The van der Waals surface area contributed by atoms with Crippen molar-refractivity contribution in [1.82, 2.24) is 5.32 Å². The van der Waals surface area contributed by atoms with Crippen LogP contribution in [0.15, 0.2) is 53.4 Å². The van der Waals surface area contributed by atoms with Crippen molar-refractivity contribution < 1.29 is 9.59 Å². The van der Waals surface area contributed by atoms with E-state index < -0.39 is 0 Å². The van der Waals surface area contributed by atoms with Crippen LogP contribution in [0.1, 0.15) is 30.1 Å². The second-order valence-corrected chi connectivity index (χ2v) is 7.88. The second-order valence-electron chi connectivity index (χ2n) is 6.03. The number of amides is 2. The van der Waals surface area contributed by atoms with E-state index in [1.54, 1.807) is 36.4 Å². The van der Waals surface area contributed by atoms with Crippen molar-refractivity contribution in [3.8, 4) is 0 Å². The molecule has 1 atom stereocenters. The quantitative estimate of drug-likeness (QED) is 0.739. The van der Waals surface area contributed by atoms with Crippen molar-refractivity contribution >= 4 is 40.9 Å². The Morgan fingerprint density at radius 1 is 1.08 bits per heavy atom. The molecule has 0 aliphatic heterocycles. The lowest BCUT2D eigenvalue weighted by Gasteiger charge is -2.12. The maximum absolute atomic E-state index is 12.3. The maximum atomic E-state index is 12.3. The molecule has 4 nitrogen and oxygen atoms in total. The van der Waals surface area contributed by atoms with Crippen LogP contribution in [0.2, 0.25) is 5.02 Å². The summed E-state index contributed by atoms with van der Waals surface area (Å²) >= 11 is 7.33. The minimum Gasteiger partial charge on any atom is -0.349 e. The van der Waals surface area contributed by atoms with Crippen LogP contribution in [0.3, 0.4) is 0 Å². The molecule has 2 N–H and O–H groups in total. The fourth-order valence-corrected chi connectivity index (χ4v) is 3.21. The number of halogens is 1. The molecule has 0 saturated heterocycles. The third kappa shape index (κ3) is 5.25. The predicted molar refractivity (Wildman–Crippen MR) is 102 cm³/mol. The summed E-state index contributed by atoms with van der Waals surface area (Å²) < 4.78 is 0. The van der Waals surface area contributed by atoms with Crippen LogP contribution in [-0.2, 0) is 4.79 Å². The highest BCUT2D eigenvalue weighted by atomic mass is 35.5. The summed E-state index contributed by atoms with van der Waals surface area (Å²) in [6, 6.07) is 14.7. The van der Waals surface area contributed by atoms with Gasteiger partial charge in [-0.15, -0.1) is 11.8 Å². The number of carbonyl (C=O) groups excluding carboxylic acids is 2. The van der Waals surface area contributed by atoms with Gasteiger partial charge in [0.25, 0.3) is 5.91 Å². The first-order chi connectivity index (χ1) is 12.0. The highest BCUT2D eigenvalue weighted by Gasteiger charge is 2.23. The van der Waals surface area contributed by atoms with Gasteiger partial charge in [-0.25, -0.2) is 0 Å². The Hall–Kier alpha value is -1.98. The van der Waals surface area contributed by atoms with Gasteiger partial charge in [-0.3, -0.25) is 9.59 Å². The molecule has 130 valence electrons. The lowest BCUT2D eigenvalue weighted by molar-refractivity contribution is -0.115. The molecule has 0 bridgehead atoms. The molecule has 1 aliphatic carbocycles. The molecule has 6 heteroatoms. The molecule has 25 heavy (non-hydrogen) atoms. The Balaban J connectivity index is 1.54. The fraction of sp³-hybridized carbons (Fsp3) is 0.263. The van der Waals surface area contributed by atoms with E-state index in [1.807, 2.05) is 19.1 Å². The van der Waals surface area contributed by atoms with Crippen LogP contribution in [0, 0.1) is 0 Å². The minimum absolute atomic E-state index is 0.0629. The Kier molecular flexibility index (Phi) is 5.66. The average Bonchev–Trinajstić information content (AvgIpc) is 3.41. The first-order valence-electron chi connectivity index (χ1n) is 8.15. The van der Waals surface area contributed by atoms with Crippen LogP contribution < -0.4 is 10.6 Å². The minimum atomic E-state index is -0.251. The van der Waals surface area contributed by atoms with Crippen LogP contribution >= 0.6 is 23.4 Å². The summed E-state index contributed by atoms with van der Waals surface area (Å²) in [7, 11) is 0. The number of nitrogens with one attached hydrogen (secondary N) is 2. The summed E-state index contributed by atoms with van der Waals surface area (Å²) in [5.41, 5.74) is 1.28. The molecular weight excluding hydrogens is 356 g/mol. The van der Waals surface area contributed by atoms with Gasteiger partial charge in [0.05, 0.1) is 5.25 Å². The Morgan fingerprint density at radius 3 is 2.32 bits per heavy atom. The van der Waals surface area contributed by atoms with Crippen molar-refractivity contribution in [1.29, 1.82) is 0 Å². The van der Waals surface area contributed by atoms with Crippen LogP contribution in [0.25, 0.3) is 0 Å². The molecule has 2 aromatic rings. The normalized spacial score (nSPS) is 14.6. The number of hydrogen-bond acceptors (Lipinski definition) is 3. The van der Waals surface area contributed by atoms with Gasteiger partial charge in [-0.2, -0.15) is 0 Å². The summed E-state index contributed by atoms with van der Waals surface area (Å²) in [5, 5.41) is 6.24. The van der Waals surface area contributed by atoms with E-state index in [9.17, 15) is 9.59 Å². The third-order valence-corrected chi connectivity index (χ3v) is 5.19. The Morgan fingerprint density at radius 2 is 1.72 bits per heavy atom. The zero-order valence-electron chi connectivity index (χ0n) is 13.8. The van der Waals surface area contributed by atoms with Crippen molar-refractivity contribution in [2.45, 2.75) is 36.0 Å². The van der Waals surface area contributed by atoms with Gasteiger partial charge in [-0.1, -0.05) is 11.6 Å². The molecule has 2 amide bonds. The largest absolute Gasteiger partial charge is 0.349 e. The Bertz CT molecular complexity index is 758. The van der Waals surface area contributed by atoms with Crippen molar-refractivity contribution in [2.24, 2.45) is 0 Å². The van der Waals surface area contributed by atoms with Crippen LogP contribution in [-0.4, -0.2) is 23.1 Å². The van der Waals surface area contributed by atoms with Gasteiger partial charge in [0.15, 0.2) is 0 Å². The molecule has 1 unspecified atom stereocenters. The highest BCUT2D eigenvalue weighted by Crippen LogP contribution is 2.25. The van der Waals surface area contributed by atoms with E-state index in [4.69, 9.17) is 11.6 Å². The SMILES string of the molecule is CC(Sc1ccc(Cl)cc1)C(=O)Nc1ccc(C(=O)NC2CC2)cc1. The standard InChI is InChI=1S/C19H19ClN2O2S/c1-12(25-17-10-4-14(20)5-11-17)18(23)21-15-6-2-13(3-7-15)19(24)22-16-8-9-16/h2-7,10-12,16H,8-9H2,1H3,(H,21,23)(H,22,24). The highest BCUT2D eigenvalue weighted by molar-refractivity contribution is 8.00. The summed E-state index contributed by atoms with van der Waals surface area (Å²) in [5.74, 6) is -0.151. The van der Waals surface area contributed by atoms with Crippen molar-refractivity contribution in [3.05, 3.63) is 59.1 Å². The smallest absolute Gasteiger partial charge is 0.251 e. The predicted octanol–water partition coefficient (Wildman–Crippen LogP) is 4.35. The number of rotatable bonds is 6. The Labute approximate surface area is 156 Å². The molecule has 1 fully saturated rings. The fourth-order valence-electron chi connectivity index (χ4n) is 2.22. The van der Waals surface area contributed by atoms with E-state index in [1.165, 1.54) is 11.8 Å². The molecule has 0 spiro atoms. The zero-order valence-corrected chi connectivity index (χ0v) is 15.4. The zero-order chi connectivity index (χ0) is 17.8. The second kappa shape index (κ2) is 7.93. The van der Waals surface area contributed by atoms with Gasteiger partial charge in [0, 0.05) is 27.2 Å². The maximum Gasteiger partial charge on any atom is 0.251 e. The van der Waals surface area contributed by atoms with Gasteiger partial charge in [-0.05, 0) is 68.3 Å². The third-order valence-electron chi connectivity index (χ3n) is 3.82.